The first-order chi connectivity index (χ1) is 4.95. The van der Waals surface area contributed by atoms with E-state index in [0.29, 0.717) is 6.42 Å². The minimum absolute atomic E-state index is 0.0109. The molecule has 2 heteroatoms. The van der Waals surface area contributed by atoms with E-state index in [1.165, 1.54) is 0 Å². The molecule has 0 aromatic carbocycles. The third-order valence-electron chi connectivity index (χ3n) is 3.05. The number of hydrogen-bond donors (Lipinski definition) is 1. The standard InChI is InChI=1S/C9H16O2/c1-6-8(11)7(10)4-5-9(6,2)3/h6,8,11H,4-5H2,1-3H3/t6-,8-/m0/s1. The molecule has 1 aliphatic carbocycles. The van der Waals surface area contributed by atoms with Gasteiger partial charge in [0.05, 0.1) is 0 Å². The monoisotopic (exact) mass is 156 g/mol. The van der Waals surface area contributed by atoms with E-state index in [1.807, 2.05) is 6.92 Å². The maximum atomic E-state index is 11.0. The van der Waals surface area contributed by atoms with Crippen LogP contribution in [0.3, 0.4) is 0 Å². The molecule has 1 aliphatic rings. The van der Waals surface area contributed by atoms with Crippen molar-refractivity contribution in [3.8, 4) is 0 Å². The van der Waals surface area contributed by atoms with Gasteiger partial charge in [0, 0.05) is 6.42 Å². The molecule has 0 aliphatic heterocycles. The lowest BCUT2D eigenvalue weighted by atomic mass is 9.68. The van der Waals surface area contributed by atoms with E-state index in [2.05, 4.69) is 13.8 Å². The zero-order valence-electron chi connectivity index (χ0n) is 7.42. The Morgan fingerprint density at radius 2 is 2.09 bits per heavy atom. The zero-order valence-corrected chi connectivity index (χ0v) is 7.42. The van der Waals surface area contributed by atoms with Gasteiger partial charge in [-0.15, -0.1) is 0 Å². The molecule has 0 spiro atoms. The Morgan fingerprint density at radius 3 is 2.55 bits per heavy atom. The van der Waals surface area contributed by atoms with Gasteiger partial charge in [0.15, 0.2) is 5.78 Å². The summed E-state index contributed by atoms with van der Waals surface area (Å²) >= 11 is 0. The molecule has 0 radical (unpaired) electrons. The highest BCUT2D eigenvalue weighted by Crippen LogP contribution is 2.38. The summed E-state index contributed by atoms with van der Waals surface area (Å²) in [5.74, 6) is 0.112. The average molecular weight is 156 g/mol. The molecule has 0 heterocycles. The second kappa shape index (κ2) is 2.59. The minimum Gasteiger partial charge on any atom is -0.385 e. The van der Waals surface area contributed by atoms with E-state index < -0.39 is 6.10 Å². The van der Waals surface area contributed by atoms with Crippen molar-refractivity contribution in [3.63, 3.8) is 0 Å². The van der Waals surface area contributed by atoms with Crippen molar-refractivity contribution in [3.05, 3.63) is 0 Å². The molecule has 0 aromatic rings. The molecule has 2 atom stereocenters. The summed E-state index contributed by atoms with van der Waals surface area (Å²) in [5, 5.41) is 9.43. The van der Waals surface area contributed by atoms with Gasteiger partial charge in [0.1, 0.15) is 6.10 Å². The van der Waals surface area contributed by atoms with Crippen LogP contribution >= 0.6 is 0 Å². The lowest BCUT2D eigenvalue weighted by Crippen LogP contribution is -2.42. The van der Waals surface area contributed by atoms with Crippen LogP contribution in [0.15, 0.2) is 0 Å². The van der Waals surface area contributed by atoms with Crippen LogP contribution in [-0.2, 0) is 4.79 Å². The van der Waals surface area contributed by atoms with Gasteiger partial charge in [0.2, 0.25) is 0 Å². The Morgan fingerprint density at radius 1 is 1.55 bits per heavy atom. The first-order valence-corrected chi connectivity index (χ1v) is 4.16. The maximum absolute atomic E-state index is 11.0. The van der Waals surface area contributed by atoms with E-state index in [0.717, 1.165) is 6.42 Å². The number of carbonyl (C=O) groups excluding carboxylic acids is 1. The Labute approximate surface area is 67.6 Å². The third kappa shape index (κ3) is 1.45. The molecular formula is C9H16O2. The van der Waals surface area contributed by atoms with Crippen LogP contribution in [0.25, 0.3) is 0 Å². The Hall–Kier alpha value is -0.370. The zero-order chi connectivity index (χ0) is 8.65. The lowest BCUT2D eigenvalue weighted by Gasteiger charge is -2.38. The Kier molecular flexibility index (Phi) is 2.06. The van der Waals surface area contributed by atoms with Crippen LogP contribution in [-0.4, -0.2) is 17.0 Å². The largest absolute Gasteiger partial charge is 0.385 e. The van der Waals surface area contributed by atoms with Gasteiger partial charge in [-0.2, -0.15) is 0 Å². The molecule has 64 valence electrons. The minimum atomic E-state index is -0.723. The number of carbonyl (C=O) groups is 1. The van der Waals surface area contributed by atoms with E-state index in [4.69, 9.17) is 0 Å². The number of Topliss-reactive ketones (excluding diaryl/α,β-unsaturated/α-hetero) is 1. The van der Waals surface area contributed by atoms with Gasteiger partial charge in [-0.1, -0.05) is 20.8 Å². The first kappa shape index (κ1) is 8.72. The smallest absolute Gasteiger partial charge is 0.161 e. The quantitative estimate of drug-likeness (QED) is 0.575. The summed E-state index contributed by atoms with van der Waals surface area (Å²) in [6, 6.07) is 0. The third-order valence-corrected chi connectivity index (χ3v) is 3.05. The number of aliphatic hydroxyl groups excluding tert-OH is 1. The molecule has 1 fully saturated rings. The topological polar surface area (TPSA) is 37.3 Å². The SMILES string of the molecule is C[C@H]1[C@H](O)C(=O)CCC1(C)C. The van der Waals surface area contributed by atoms with Crippen molar-refractivity contribution in [1.29, 1.82) is 0 Å². The number of aliphatic hydroxyl groups is 1. The molecule has 0 amide bonds. The normalized spacial score (nSPS) is 37.3. The van der Waals surface area contributed by atoms with Crippen molar-refractivity contribution < 1.29 is 9.90 Å². The fraction of sp³-hybridized carbons (Fsp3) is 0.889. The van der Waals surface area contributed by atoms with Gasteiger partial charge in [-0.05, 0) is 17.8 Å². The molecule has 0 aromatic heterocycles. The molecule has 1 rings (SSSR count). The van der Waals surface area contributed by atoms with E-state index in [-0.39, 0.29) is 17.1 Å². The summed E-state index contributed by atoms with van der Waals surface area (Å²) in [4.78, 5) is 11.0. The summed E-state index contributed by atoms with van der Waals surface area (Å²) in [5.41, 5.74) is 0.118. The molecule has 0 saturated heterocycles. The van der Waals surface area contributed by atoms with Crippen LogP contribution in [0.4, 0.5) is 0 Å². The van der Waals surface area contributed by atoms with Crippen molar-refractivity contribution in [2.75, 3.05) is 0 Å². The predicted octanol–water partition coefficient (Wildman–Crippen LogP) is 1.37. The lowest BCUT2D eigenvalue weighted by molar-refractivity contribution is -0.137. The number of ketones is 1. The van der Waals surface area contributed by atoms with Gasteiger partial charge in [0.25, 0.3) is 0 Å². The number of rotatable bonds is 0. The van der Waals surface area contributed by atoms with Gasteiger partial charge >= 0.3 is 0 Å². The summed E-state index contributed by atoms with van der Waals surface area (Å²) in [6.45, 7) is 6.16. The molecule has 0 bridgehead atoms. The summed E-state index contributed by atoms with van der Waals surface area (Å²) < 4.78 is 0. The van der Waals surface area contributed by atoms with Crippen molar-refractivity contribution in [1.82, 2.24) is 0 Å². The fourth-order valence-electron chi connectivity index (χ4n) is 1.53. The highest BCUT2D eigenvalue weighted by atomic mass is 16.3. The maximum Gasteiger partial charge on any atom is 0.161 e. The highest BCUT2D eigenvalue weighted by molar-refractivity contribution is 5.84. The van der Waals surface area contributed by atoms with Crippen molar-refractivity contribution in [2.24, 2.45) is 11.3 Å². The fourth-order valence-corrected chi connectivity index (χ4v) is 1.53. The summed E-state index contributed by atoms with van der Waals surface area (Å²) in [7, 11) is 0. The predicted molar refractivity (Wildman–Crippen MR) is 43.2 cm³/mol. The van der Waals surface area contributed by atoms with Crippen molar-refractivity contribution >= 4 is 5.78 Å². The molecule has 2 nitrogen and oxygen atoms in total. The highest BCUT2D eigenvalue weighted by Gasteiger charge is 2.39. The van der Waals surface area contributed by atoms with E-state index in [1.54, 1.807) is 0 Å². The van der Waals surface area contributed by atoms with E-state index in [9.17, 15) is 9.90 Å². The molecule has 1 saturated carbocycles. The van der Waals surface area contributed by atoms with Crippen LogP contribution < -0.4 is 0 Å². The Bertz CT molecular complexity index is 172. The first-order valence-electron chi connectivity index (χ1n) is 4.16. The van der Waals surface area contributed by atoms with E-state index >= 15 is 0 Å². The summed E-state index contributed by atoms with van der Waals surface area (Å²) in [6.07, 6.45) is 0.724. The molecule has 11 heavy (non-hydrogen) atoms. The van der Waals surface area contributed by atoms with Gasteiger partial charge < -0.3 is 5.11 Å². The average Bonchev–Trinajstić information content (AvgIpc) is 1.95. The number of hydrogen-bond acceptors (Lipinski definition) is 2. The van der Waals surface area contributed by atoms with Crippen LogP contribution in [0.5, 0.6) is 0 Å². The molecule has 1 N–H and O–H groups in total. The van der Waals surface area contributed by atoms with Gasteiger partial charge in [-0.3, -0.25) is 4.79 Å². The molecule has 0 unspecified atom stereocenters. The van der Waals surface area contributed by atoms with Crippen LogP contribution in [0.1, 0.15) is 33.6 Å². The second-order valence-corrected chi connectivity index (χ2v) is 4.19. The molecular weight excluding hydrogens is 140 g/mol. The van der Waals surface area contributed by atoms with Crippen LogP contribution in [0.2, 0.25) is 0 Å². The second-order valence-electron chi connectivity index (χ2n) is 4.19. The van der Waals surface area contributed by atoms with Gasteiger partial charge in [-0.25, -0.2) is 0 Å². The Balaban J connectivity index is 2.75. The van der Waals surface area contributed by atoms with Crippen molar-refractivity contribution in [2.45, 2.75) is 39.7 Å². The van der Waals surface area contributed by atoms with Crippen LogP contribution in [0, 0.1) is 11.3 Å².